The summed E-state index contributed by atoms with van der Waals surface area (Å²) in [6.45, 7) is 2.95. The lowest BCUT2D eigenvalue weighted by Crippen LogP contribution is -2.17. The van der Waals surface area contributed by atoms with Crippen molar-refractivity contribution in [2.75, 3.05) is 0 Å². The second-order valence-corrected chi connectivity index (χ2v) is 4.60. The Hall–Kier alpha value is -0.780. The summed E-state index contributed by atoms with van der Waals surface area (Å²) in [5, 5.41) is 11.4. The maximum atomic E-state index is 3.98. The van der Waals surface area contributed by atoms with Crippen molar-refractivity contribution < 1.29 is 0 Å². The molecule has 0 aliphatic rings. The Labute approximate surface area is 91.0 Å². The number of aromatic nitrogens is 2. The highest BCUT2D eigenvalue weighted by molar-refractivity contribution is 7.10. The Morgan fingerprint density at radius 3 is 3.14 bits per heavy atom. The van der Waals surface area contributed by atoms with Crippen LogP contribution in [-0.4, -0.2) is 9.59 Å². The van der Waals surface area contributed by atoms with E-state index in [1.165, 1.54) is 16.4 Å². The van der Waals surface area contributed by atoms with Gasteiger partial charge in [0.2, 0.25) is 0 Å². The van der Waals surface area contributed by atoms with Gasteiger partial charge in [-0.1, -0.05) is 10.6 Å². The van der Waals surface area contributed by atoms with Crippen LogP contribution in [-0.2, 0) is 6.54 Å². The molecule has 0 spiro atoms. The predicted octanol–water partition coefficient (Wildman–Crippen LogP) is 2.45. The van der Waals surface area contributed by atoms with Crippen molar-refractivity contribution >= 4 is 22.9 Å². The number of rotatable bonds is 4. The molecule has 0 aromatic carbocycles. The van der Waals surface area contributed by atoms with E-state index in [0.29, 0.717) is 6.04 Å². The highest BCUT2D eigenvalue weighted by Gasteiger charge is 2.05. The minimum atomic E-state index is 0.386. The van der Waals surface area contributed by atoms with E-state index in [-0.39, 0.29) is 0 Å². The van der Waals surface area contributed by atoms with Crippen LogP contribution in [0.2, 0.25) is 0 Å². The lowest BCUT2D eigenvalue weighted by molar-refractivity contribution is 0.575. The average Bonchev–Trinajstić information content (AvgIpc) is 2.87. The van der Waals surface area contributed by atoms with Crippen molar-refractivity contribution in [3.05, 3.63) is 33.5 Å². The van der Waals surface area contributed by atoms with Gasteiger partial charge in [-0.25, -0.2) is 0 Å². The van der Waals surface area contributed by atoms with Crippen LogP contribution in [0.3, 0.4) is 0 Å². The summed E-state index contributed by atoms with van der Waals surface area (Å²) in [6, 6.07) is 4.60. The van der Waals surface area contributed by atoms with Gasteiger partial charge in [0.25, 0.3) is 0 Å². The SMILES string of the molecule is CC(NCc1csnn1)c1cccs1. The Balaban J connectivity index is 1.87. The molecule has 1 N–H and O–H groups in total. The molecule has 2 heterocycles. The van der Waals surface area contributed by atoms with Crippen LogP contribution in [0.5, 0.6) is 0 Å². The fraction of sp³-hybridized carbons (Fsp3) is 0.333. The molecule has 2 aromatic heterocycles. The maximum absolute atomic E-state index is 3.98. The minimum Gasteiger partial charge on any atom is -0.304 e. The van der Waals surface area contributed by atoms with E-state index >= 15 is 0 Å². The molecule has 0 fully saturated rings. The van der Waals surface area contributed by atoms with Gasteiger partial charge in [-0.2, -0.15) is 0 Å². The summed E-state index contributed by atoms with van der Waals surface area (Å²) >= 11 is 3.16. The van der Waals surface area contributed by atoms with Gasteiger partial charge < -0.3 is 5.32 Å². The fourth-order valence-corrected chi connectivity index (χ4v) is 2.37. The first-order valence-corrected chi connectivity index (χ1v) is 6.10. The minimum absolute atomic E-state index is 0.386. The summed E-state index contributed by atoms with van der Waals surface area (Å²) in [5.41, 5.74) is 1.01. The molecule has 0 saturated heterocycles. The van der Waals surface area contributed by atoms with Crippen molar-refractivity contribution in [1.82, 2.24) is 14.9 Å². The predicted molar refractivity (Wildman–Crippen MR) is 59.5 cm³/mol. The standard InChI is InChI=1S/C9H11N3S2/c1-7(9-3-2-4-13-9)10-5-8-6-14-12-11-8/h2-4,6-7,10H,5H2,1H3. The van der Waals surface area contributed by atoms with Crippen molar-refractivity contribution in [2.24, 2.45) is 0 Å². The highest BCUT2D eigenvalue weighted by Crippen LogP contribution is 2.18. The first kappa shape index (κ1) is 9.76. The quantitative estimate of drug-likeness (QED) is 0.868. The summed E-state index contributed by atoms with van der Waals surface area (Å²) in [4.78, 5) is 1.35. The molecule has 1 atom stereocenters. The van der Waals surface area contributed by atoms with Gasteiger partial charge in [-0.3, -0.25) is 0 Å². The van der Waals surface area contributed by atoms with Crippen LogP contribution in [0.15, 0.2) is 22.9 Å². The summed E-state index contributed by atoms with van der Waals surface area (Å²) in [5.74, 6) is 0. The fourth-order valence-electron chi connectivity index (χ4n) is 1.16. The van der Waals surface area contributed by atoms with Gasteiger partial charge in [0, 0.05) is 22.8 Å². The largest absolute Gasteiger partial charge is 0.304 e. The average molecular weight is 225 g/mol. The molecule has 0 aliphatic carbocycles. The van der Waals surface area contributed by atoms with Gasteiger partial charge >= 0.3 is 0 Å². The van der Waals surface area contributed by atoms with E-state index in [9.17, 15) is 0 Å². The Kier molecular flexibility index (Phi) is 3.23. The Bertz CT molecular complexity index is 355. The molecule has 5 heteroatoms. The second kappa shape index (κ2) is 4.63. The number of nitrogens with one attached hydrogen (secondary N) is 1. The second-order valence-electron chi connectivity index (χ2n) is 3.01. The van der Waals surface area contributed by atoms with Crippen LogP contribution >= 0.6 is 22.9 Å². The summed E-state index contributed by atoms with van der Waals surface area (Å²) < 4.78 is 3.82. The third-order valence-corrected chi connectivity index (χ3v) is 3.57. The molecular formula is C9H11N3S2. The molecule has 0 aliphatic heterocycles. The molecule has 14 heavy (non-hydrogen) atoms. The third kappa shape index (κ3) is 2.37. The van der Waals surface area contributed by atoms with Gasteiger partial charge in [-0.05, 0) is 29.9 Å². The number of hydrogen-bond donors (Lipinski definition) is 1. The van der Waals surface area contributed by atoms with Crippen LogP contribution in [0.4, 0.5) is 0 Å². The van der Waals surface area contributed by atoms with Gasteiger partial charge in [0.05, 0.1) is 5.69 Å². The summed E-state index contributed by atoms with van der Waals surface area (Å²) in [6.07, 6.45) is 0. The Morgan fingerprint density at radius 1 is 1.57 bits per heavy atom. The van der Waals surface area contributed by atoms with E-state index in [4.69, 9.17) is 0 Å². The number of hydrogen-bond acceptors (Lipinski definition) is 5. The van der Waals surface area contributed by atoms with Crippen LogP contribution in [0, 0.1) is 0 Å². The summed E-state index contributed by atoms with van der Waals surface area (Å²) in [7, 11) is 0. The van der Waals surface area contributed by atoms with Crippen molar-refractivity contribution in [2.45, 2.75) is 19.5 Å². The topological polar surface area (TPSA) is 37.8 Å². The monoisotopic (exact) mass is 225 g/mol. The zero-order chi connectivity index (χ0) is 9.80. The van der Waals surface area contributed by atoms with Crippen LogP contribution < -0.4 is 5.32 Å². The van der Waals surface area contributed by atoms with E-state index in [1.807, 2.05) is 5.38 Å². The zero-order valence-electron chi connectivity index (χ0n) is 7.80. The third-order valence-electron chi connectivity index (χ3n) is 1.96. The Morgan fingerprint density at radius 2 is 2.50 bits per heavy atom. The van der Waals surface area contributed by atoms with E-state index in [2.05, 4.69) is 39.3 Å². The zero-order valence-corrected chi connectivity index (χ0v) is 9.44. The smallest absolute Gasteiger partial charge is 0.0893 e. The lowest BCUT2D eigenvalue weighted by atomic mass is 10.3. The van der Waals surface area contributed by atoms with Crippen molar-refractivity contribution in [1.29, 1.82) is 0 Å². The molecule has 2 rings (SSSR count). The first-order valence-electron chi connectivity index (χ1n) is 4.39. The number of thiophene rings is 1. The molecule has 0 bridgehead atoms. The molecule has 0 saturated carbocycles. The molecular weight excluding hydrogens is 214 g/mol. The molecule has 0 radical (unpaired) electrons. The van der Waals surface area contributed by atoms with Crippen molar-refractivity contribution in [3.8, 4) is 0 Å². The lowest BCUT2D eigenvalue weighted by Gasteiger charge is -2.09. The van der Waals surface area contributed by atoms with E-state index in [1.54, 1.807) is 11.3 Å². The first-order chi connectivity index (χ1) is 6.86. The van der Waals surface area contributed by atoms with Gasteiger partial charge in [-0.15, -0.1) is 16.4 Å². The van der Waals surface area contributed by atoms with E-state index in [0.717, 1.165) is 12.2 Å². The molecule has 0 amide bonds. The van der Waals surface area contributed by atoms with Crippen molar-refractivity contribution in [3.63, 3.8) is 0 Å². The molecule has 1 unspecified atom stereocenters. The van der Waals surface area contributed by atoms with Crippen LogP contribution in [0.25, 0.3) is 0 Å². The van der Waals surface area contributed by atoms with Crippen LogP contribution in [0.1, 0.15) is 23.5 Å². The normalized spacial score (nSPS) is 12.9. The maximum Gasteiger partial charge on any atom is 0.0893 e. The molecule has 2 aromatic rings. The van der Waals surface area contributed by atoms with E-state index < -0.39 is 0 Å². The highest BCUT2D eigenvalue weighted by atomic mass is 32.1. The van der Waals surface area contributed by atoms with Gasteiger partial charge in [0.15, 0.2) is 0 Å². The number of nitrogens with zero attached hydrogens (tertiary/aromatic N) is 2. The molecule has 3 nitrogen and oxygen atoms in total. The van der Waals surface area contributed by atoms with Gasteiger partial charge in [0.1, 0.15) is 0 Å². The molecule has 74 valence electrons.